The lowest BCUT2D eigenvalue weighted by Gasteiger charge is -2.32. The van der Waals surface area contributed by atoms with Crippen molar-refractivity contribution in [3.63, 3.8) is 0 Å². The van der Waals surface area contributed by atoms with Gasteiger partial charge in [-0.1, -0.05) is 30.3 Å². The van der Waals surface area contributed by atoms with Crippen LogP contribution >= 0.6 is 0 Å². The Morgan fingerprint density at radius 3 is 2.21 bits per heavy atom. The SMILES string of the molecule is CC1(C)OB(c2ccc3cc(-c4cnco4)ccc3c2)OC1(C)C. The Bertz CT molecular complexity index is 871. The number of oxazole rings is 1. The molecule has 0 aliphatic carbocycles. The molecule has 2 heterocycles. The van der Waals surface area contributed by atoms with Gasteiger partial charge in [0.2, 0.25) is 0 Å². The molecule has 0 spiro atoms. The highest BCUT2D eigenvalue weighted by Gasteiger charge is 2.51. The molecular formula is C19H20BNO3. The van der Waals surface area contributed by atoms with Crippen LogP contribution in [0, 0.1) is 0 Å². The highest BCUT2D eigenvalue weighted by atomic mass is 16.7. The first-order valence-corrected chi connectivity index (χ1v) is 8.14. The molecule has 0 unspecified atom stereocenters. The zero-order valence-corrected chi connectivity index (χ0v) is 14.4. The van der Waals surface area contributed by atoms with Crippen molar-refractivity contribution < 1.29 is 13.7 Å². The average Bonchev–Trinajstić information content (AvgIpc) is 3.13. The van der Waals surface area contributed by atoms with E-state index in [2.05, 4.69) is 63.0 Å². The molecule has 4 rings (SSSR count). The van der Waals surface area contributed by atoms with Crippen LogP contribution in [0.2, 0.25) is 0 Å². The summed E-state index contributed by atoms with van der Waals surface area (Å²) in [5.74, 6) is 0.770. The maximum Gasteiger partial charge on any atom is 0.494 e. The van der Waals surface area contributed by atoms with Crippen molar-refractivity contribution in [1.29, 1.82) is 0 Å². The first-order chi connectivity index (χ1) is 11.4. The van der Waals surface area contributed by atoms with E-state index >= 15 is 0 Å². The Balaban J connectivity index is 1.69. The van der Waals surface area contributed by atoms with Gasteiger partial charge in [-0.15, -0.1) is 0 Å². The molecule has 24 heavy (non-hydrogen) atoms. The van der Waals surface area contributed by atoms with Gasteiger partial charge in [0.1, 0.15) is 0 Å². The Kier molecular flexibility index (Phi) is 3.34. The molecule has 1 saturated heterocycles. The molecule has 0 N–H and O–H groups in total. The number of fused-ring (bicyclic) bond motifs is 1. The van der Waals surface area contributed by atoms with Gasteiger partial charge < -0.3 is 13.7 Å². The van der Waals surface area contributed by atoms with Crippen LogP contribution in [-0.4, -0.2) is 23.3 Å². The molecular weight excluding hydrogens is 301 g/mol. The quantitative estimate of drug-likeness (QED) is 0.674. The Hall–Kier alpha value is -2.11. The molecule has 1 aromatic heterocycles. The minimum Gasteiger partial charge on any atom is -0.444 e. The van der Waals surface area contributed by atoms with Crippen molar-refractivity contribution in [2.24, 2.45) is 0 Å². The summed E-state index contributed by atoms with van der Waals surface area (Å²) in [7, 11) is -0.339. The van der Waals surface area contributed by atoms with E-state index in [0.29, 0.717) is 0 Å². The van der Waals surface area contributed by atoms with Crippen molar-refractivity contribution in [3.05, 3.63) is 49.0 Å². The summed E-state index contributed by atoms with van der Waals surface area (Å²) in [6.07, 6.45) is 3.17. The van der Waals surface area contributed by atoms with Gasteiger partial charge in [-0.25, -0.2) is 4.98 Å². The highest BCUT2D eigenvalue weighted by molar-refractivity contribution is 6.62. The van der Waals surface area contributed by atoms with Crippen LogP contribution in [0.25, 0.3) is 22.1 Å². The number of nitrogens with zero attached hydrogens (tertiary/aromatic N) is 1. The number of aromatic nitrogens is 1. The van der Waals surface area contributed by atoms with Crippen LogP contribution in [-0.2, 0) is 9.31 Å². The number of hydrogen-bond acceptors (Lipinski definition) is 4. The normalized spacial score (nSPS) is 19.1. The molecule has 5 heteroatoms. The van der Waals surface area contributed by atoms with Gasteiger partial charge >= 0.3 is 7.12 Å². The molecule has 4 nitrogen and oxygen atoms in total. The molecule has 1 aliphatic rings. The summed E-state index contributed by atoms with van der Waals surface area (Å²) in [6, 6.07) is 12.5. The summed E-state index contributed by atoms with van der Waals surface area (Å²) in [4.78, 5) is 3.97. The lowest BCUT2D eigenvalue weighted by molar-refractivity contribution is 0.00578. The van der Waals surface area contributed by atoms with Gasteiger partial charge in [-0.05, 0) is 50.0 Å². The predicted octanol–water partition coefficient (Wildman–Crippen LogP) is 3.79. The Labute approximate surface area is 141 Å². The van der Waals surface area contributed by atoms with E-state index in [1.807, 2.05) is 6.07 Å². The van der Waals surface area contributed by atoms with Gasteiger partial charge in [-0.3, -0.25) is 0 Å². The molecule has 1 fully saturated rings. The van der Waals surface area contributed by atoms with Gasteiger partial charge in [0.25, 0.3) is 0 Å². The maximum absolute atomic E-state index is 6.14. The van der Waals surface area contributed by atoms with E-state index in [-0.39, 0.29) is 18.3 Å². The summed E-state index contributed by atoms with van der Waals surface area (Å²) in [5.41, 5.74) is 1.39. The molecule has 1 aliphatic heterocycles. The minimum absolute atomic E-state index is 0.331. The van der Waals surface area contributed by atoms with Crippen molar-refractivity contribution in [2.75, 3.05) is 0 Å². The van der Waals surface area contributed by atoms with Gasteiger partial charge in [0.05, 0.1) is 17.4 Å². The second kappa shape index (κ2) is 5.20. The largest absolute Gasteiger partial charge is 0.494 e. The van der Waals surface area contributed by atoms with E-state index in [0.717, 1.165) is 27.6 Å². The third-order valence-electron chi connectivity index (χ3n) is 5.11. The molecule has 122 valence electrons. The molecule has 3 aromatic rings. The smallest absolute Gasteiger partial charge is 0.444 e. The van der Waals surface area contributed by atoms with Crippen molar-refractivity contribution >= 4 is 23.4 Å². The Morgan fingerprint density at radius 1 is 0.875 bits per heavy atom. The molecule has 0 radical (unpaired) electrons. The van der Waals surface area contributed by atoms with E-state index < -0.39 is 0 Å². The summed E-state index contributed by atoms with van der Waals surface area (Å²) in [5, 5.41) is 2.29. The van der Waals surface area contributed by atoms with Crippen LogP contribution in [0.4, 0.5) is 0 Å². The van der Waals surface area contributed by atoms with E-state index in [4.69, 9.17) is 13.7 Å². The topological polar surface area (TPSA) is 44.5 Å². The predicted molar refractivity (Wildman–Crippen MR) is 95.2 cm³/mol. The van der Waals surface area contributed by atoms with Crippen LogP contribution in [0.3, 0.4) is 0 Å². The fourth-order valence-electron chi connectivity index (χ4n) is 2.90. The zero-order valence-electron chi connectivity index (χ0n) is 14.4. The minimum atomic E-state index is -0.339. The van der Waals surface area contributed by atoms with Crippen molar-refractivity contribution in [1.82, 2.24) is 4.98 Å². The molecule has 2 aromatic carbocycles. The van der Waals surface area contributed by atoms with Gasteiger partial charge in [0, 0.05) is 5.56 Å². The summed E-state index contributed by atoms with van der Waals surface area (Å²) >= 11 is 0. The zero-order chi connectivity index (χ0) is 16.9. The standard InChI is InChI=1S/C19H20BNO3/c1-18(2)19(3,4)24-20(23-18)16-8-7-13-9-15(6-5-14(13)10-16)17-11-21-12-22-17/h5-12H,1-4H3. The first-order valence-electron chi connectivity index (χ1n) is 8.14. The van der Waals surface area contributed by atoms with E-state index in [9.17, 15) is 0 Å². The molecule has 0 saturated carbocycles. The monoisotopic (exact) mass is 321 g/mol. The second-order valence-corrected chi connectivity index (χ2v) is 7.28. The maximum atomic E-state index is 6.14. The lowest BCUT2D eigenvalue weighted by Crippen LogP contribution is -2.41. The third-order valence-corrected chi connectivity index (χ3v) is 5.11. The highest BCUT2D eigenvalue weighted by Crippen LogP contribution is 2.36. The average molecular weight is 321 g/mol. The van der Waals surface area contributed by atoms with Crippen LogP contribution in [0.15, 0.2) is 53.4 Å². The summed E-state index contributed by atoms with van der Waals surface area (Å²) < 4.78 is 17.6. The van der Waals surface area contributed by atoms with Crippen LogP contribution < -0.4 is 5.46 Å². The Morgan fingerprint density at radius 2 is 1.54 bits per heavy atom. The van der Waals surface area contributed by atoms with Crippen molar-refractivity contribution in [3.8, 4) is 11.3 Å². The first kappa shape index (κ1) is 15.4. The molecule has 0 amide bonds. The fraction of sp³-hybridized carbons (Fsp3) is 0.316. The lowest BCUT2D eigenvalue weighted by atomic mass is 9.78. The fourth-order valence-corrected chi connectivity index (χ4v) is 2.90. The summed E-state index contributed by atoms with van der Waals surface area (Å²) in [6.45, 7) is 8.27. The van der Waals surface area contributed by atoms with E-state index in [1.165, 1.54) is 6.39 Å². The van der Waals surface area contributed by atoms with Gasteiger partial charge in [0.15, 0.2) is 12.2 Å². The number of hydrogen-bond donors (Lipinski definition) is 0. The third kappa shape index (κ3) is 2.45. The number of rotatable bonds is 2. The van der Waals surface area contributed by atoms with Gasteiger partial charge in [-0.2, -0.15) is 0 Å². The molecule has 0 bridgehead atoms. The van der Waals surface area contributed by atoms with Crippen molar-refractivity contribution in [2.45, 2.75) is 38.9 Å². The van der Waals surface area contributed by atoms with Crippen LogP contribution in [0.1, 0.15) is 27.7 Å². The molecule has 0 atom stereocenters. The van der Waals surface area contributed by atoms with Crippen LogP contribution in [0.5, 0.6) is 0 Å². The number of benzene rings is 2. The van der Waals surface area contributed by atoms with E-state index in [1.54, 1.807) is 6.20 Å². The second-order valence-electron chi connectivity index (χ2n) is 7.28.